The van der Waals surface area contributed by atoms with Crippen molar-refractivity contribution in [2.24, 2.45) is 5.92 Å². The van der Waals surface area contributed by atoms with Crippen molar-refractivity contribution in [3.8, 4) is 0 Å². The molecule has 2 saturated carbocycles. The van der Waals surface area contributed by atoms with Crippen molar-refractivity contribution in [3.05, 3.63) is 16.3 Å². The third-order valence-corrected chi connectivity index (χ3v) is 7.72. The van der Waals surface area contributed by atoms with Crippen LogP contribution < -0.4 is 5.32 Å². The molecule has 0 radical (unpaired) electrons. The van der Waals surface area contributed by atoms with Crippen molar-refractivity contribution in [2.75, 3.05) is 6.54 Å². The molecule has 4 nitrogen and oxygen atoms in total. The largest absolute Gasteiger partial charge is 0.309 e. The van der Waals surface area contributed by atoms with E-state index in [2.05, 4.69) is 5.32 Å². The summed E-state index contributed by atoms with van der Waals surface area (Å²) in [5.74, 6) is 0.601. The fraction of sp³-hybridized carbons (Fsp3) is 0.714. The minimum Gasteiger partial charge on any atom is -0.309 e. The highest BCUT2D eigenvalue weighted by atomic mass is 32.2. The third-order valence-electron chi connectivity index (χ3n) is 4.74. The van der Waals surface area contributed by atoms with Gasteiger partial charge in [-0.3, -0.25) is 0 Å². The molecule has 3 aliphatic rings. The van der Waals surface area contributed by atoms with E-state index in [1.165, 1.54) is 19.3 Å². The second-order valence-electron chi connectivity index (χ2n) is 6.31. The van der Waals surface area contributed by atoms with Gasteiger partial charge in [-0.25, -0.2) is 8.42 Å². The fourth-order valence-electron chi connectivity index (χ4n) is 3.43. The standard InChI is InChI=1S/C14H20N2O2S2/c17-20(18,16-8-10-1-4-12(16)5-10)14-6-13(19-9-14)7-15-11-2-3-11/h6,9-12,15H,1-5,7-8H2. The van der Waals surface area contributed by atoms with Crippen molar-refractivity contribution < 1.29 is 8.42 Å². The van der Waals surface area contributed by atoms with Gasteiger partial charge in [0.15, 0.2) is 0 Å². The van der Waals surface area contributed by atoms with Crippen molar-refractivity contribution in [3.63, 3.8) is 0 Å². The summed E-state index contributed by atoms with van der Waals surface area (Å²) in [5, 5.41) is 5.25. The molecule has 4 rings (SSSR count). The number of hydrogen-bond acceptors (Lipinski definition) is 4. The number of piperidine rings is 1. The minimum absolute atomic E-state index is 0.262. The number of fused-ring (bicyclic) bond motifs is 2. The molecule has 6 heteroatoms. The van der Waals surface area contributed by atoms with Crippen molar-refractivity contribution in [1.82, 2.24) is 9.62 Å². The molecule has 2 atom stereocenters. The summed E-state index contributed by atoms with van der Waals surface area (Å²) in [7, 11) is -3.26. The fourth-order valence-corrected chi connectivity index (χ4v) is 6.39. The van der Waals surface area contributed by atoms with E-state index in [1.807, 2.05) is 11.4 Å². The van der Waals surface area contributed by atoms with Gasteiger partial charge in [-0.2, -0.15) is 4.31 Å². The van der Waals surface area contributed by atoms with Crippen molar-refractivity contribution in [2.45, 2.75) is 55.6 Å². The molecule has 2 aliphatic carbocycles. The average Bonchev–Trinajstić information content (AvgIpc) is 2.87. The van der Waals surface area contributed by atoms with Crippen molar-refractivity contribution >= 4 is 21.4 Å². The van der Waals surface area contributed by atoms with E-state index >= 15 is 0 Å². The lowest BCUT2D eigenvalue weighted by Gasteiger charge is -2.25. The molecule has 0 amide bonds. The summed E-state index contributed by atoms with van der Waals surface area (Å²) >= 11 is 1.56. The van der Waals surface area contributed by atoms with Crippen LogP contribution >= 0.6 is 11.3 Å². The number of sulfonamides is 1. The van der Waals surface area contributed by atoms with Gasteiger partial charge in [0, 0.05) is 35.4 Å². The molecule has 3 fully saturated rings. The van der Waals surface area contributed by atoms with Crippen LogP contribution in [0.1, 0.15) is 37.0 Å². The summed E-state index contributed by atoms with van der Waals surface area (Å²) in [4.78, 5) is 1.63. The highest BCUT2D eigenvalue weighted by Crippen LogP contribution is 2.41. The molecule has 1 aromatic heterocycles. The lowest BCUT2D eigenvalue weighted by molar-refractivity contribution is 0.333. The predicted molar refractivity (Wildman–Crippen MR) is 79.2 cm³/mol. The van der Waals surface area contributed by atoms with Gasteiger partial charge in [0.2, 0.25) is 10.0 Å². The summed E-state index contributed by atoms with van der Waals surface area (Å²) in [5.41, 5.74) is 0. The Bertz CT molecular complexity index is 606. The van der Waals surface area contributed by atoms with Gasteiger partial charge in [0.05, 0.1) is 4.90 Å². The maximum Gasteiger partial charge on any atom is 0.244 e. The Hall–Kier alpha value is -0.430. The van der Waals surface area contributed by atoms with E-state index in [4.69, 9.17) is 0 Å². The number of rotatable bonds is 5. The van der Waals surface area contributed by atoms with Crippen LogP contribution in [0, 0.1) is 5.92 Å². The lowest BCUT2D eigenvalue weighted by Crippen LogP contribution is -2.37. The van der Waals surface area contributed by atoms with Crippen LogP contribution in [0.3, 0.4) is 0 Å². The van der Waals surface area contributed by atoms with Crippen LogP contribution in [0.2, 0.25) is 0 Å². The van der Waals surface area contributed by atoms with Crippen LogP contribution in [-0.2, 0) is 16.6 Å². The number of thiophene rings is 1. The van der Waals surface area contributed by atoms with E-state index in [-0.39, 0.29) is 6.04 Å². The summed E-state index contributed by atoms with van der Waals surface area (Å²) in [6.45, 7) is 1.54. The molecule has 1 saturated heterocycles. The molecule has 110 valence electrons. The molecule has 0 aromatic carbocycles. The van der Waals surface area contributed by atoms with Gasteiger partial charge in [-0.15, -0.1) is 11.3 Å². The van der Waals surface area contributed by atoms with Crippen LogP contribution in [-0.4, -0.2) is 31.4 Å². The Morgan fingerprint density at radius 3 is 2.80 bits per heavy atom. The Labute approximate surface area is 124 Å². The molecular weight excluding hydrogens is 292 g/mol. The monoisotopic (exact) mass is 312 g/mol. The van der Waals surface area contributed by atoms with Crippen LogP contribution in [0.25, 0.3) is 0 Å². The normalized spacial score (nSPS) is 30.2. The van der Waals surface area contributed by atoms with Gasteiger partial charge in [0.25, 0.3) is 0 Å². The smallest absolute Gasteiger partial charge is 0.244 e. The van der Waals surface area contributed by atoms with Gasteiger partial charge in [-0.05, 0) is 44.1 Å². The Morgan fingerprint density at radius 1 is 1.30 bits per heavy atom. The molecular formula is C14H20N2O2S2. The highest BCUT2D eigenvalue weighted by Gasteiger charge is 2.44. The zero-order valence-electron chi connectivity index (χ0n) is 11.4. The molecule has 1 aliphatic heterocycles. The second kappa shape index (κ2) is 4.80. The zero-order valence-corrected chi connectivity index (χ0v) is 13.0. The van der Waals surface area contributed by atoms with Crippen molar-refractivity contribution in [1.29, 1.82) is 0 Å². The van der Waals surface area contributed by atoms with Gasteiger partial charge >= 0.3 is 0 Å². The molecule has 0 spiro atoms. The maximum absolute atomic E-state index is 12.7. The lowest BCUT2D eigenvalue weighted by atomic mass is 10.1. The third kappa shape index (κ3) is 2.32. The first-order valence-electron chi connectivity index (χ1n) is 7.45. The SMILES string of the molecule is O=S(=O)(c1csc(CNC2CC2)c1)N1CC2CCC1C2. The van der Waals surface area contributed by atoms with E-state index in [1.54, 1.807) is 15.6 Å². The average molecular weight is 312 g/mol. The first-order valence-corrected chi connectivity index (χ1v) is 9.77. The second-order valence-corrected chi connectivity index (χ2v) is 9.20. The Kier molecular flexibility index (Phi) is 3.18. The number of hydrogen-bond donors (Lipinski definition) is 1. The molecule has 20 heavy (non-hydrogen) atoms. The zero-order chi connectivity index (χ0) is 13.7. The van der Waals surface area contributed by atoms with Gasteiger partial charge < -0.3 is 5.32 Å². The first-order chi connectivity index (χ1) is 9.63. The topological polar surface area (TPSA) is 49.4 Å². The van der Waals surface area contributed by atoms with E-state index in [0.717, 1.165) is 30.8 Å². The van der Waals surface area contributed by atoms with Crippen LogP contribution in [0.4, 0.5) is 0 Å². The minimum atomic E-state index is -3.26. The predicted octanol–water partition coefficient (Wildman–Crippen LogP) is 2.17. The Morgan fingerprint density at radius 2 is 2.15 bits per heavy atom. The molecule has 2 unspecified atom stereocenters. The summed E-state index contributed by atoms with van der Waals surface area (Å²) in [6.07, 6.45) is 5.83. The van der Waals surface area contributed by atoms with Gasteiger partial charge in [-0.1, -0.05) is 0 Å². The van der Waals surface area contributed by atoms with E-state index < -0.39 is 10.0 Å². The summed E-state index contributed by atoms with van der Waals surface area (Å²) < 4.78 is 27.2. The Balaban J connectivity index is 1.50. The highest BCUT2D eigenvalue weighted by molar-refractivity contribution is 7.89. The molecule has 2 heterocycles. The van der Waals surface area contributed by atoms with E-state index in [9.17, 15) is 8.42 Å². The maximum atomic E-state index is 12.7. The molecule has 2 bridgehead atoms. The van der Waals surface area contributed by atoms with E-state index in [0.29, 0.717) is 16.9 Å². The number of nitrogens with one attached hydrogen (secondary N) is 1. The van der Waals surface area contributed by atoms with Gasteiger partial charge in [0.1, 0.15) is 0 Å². The number of nitrogens with zero attached hydrogens (tertiary/aromatic N) is 1. The summed E-state index contributed by atoms with van der Waals surface area (Å²) in [6, 6.07) is 2.78. The van der Waals surface area contributed by atoms with Crippen LogP contribution in [0.15, 0.2) is 16.3 Å². The van der Waals surface area contributed by atoms with Crippen LogP contribution in [0.5, 0.6) is 0 Å². The quantitative estimate of drug-likeness (QED) is 0.906. The first kappa shape index (κ1) is 13.2. The molecule has 1 N–H and O–H groups in total. The molecule has 1 aromatic rings.